The van der Waals surface area contributed by atoms with Crippen molar-refractivity contribution in [3.05, 3.63) is 34.7 Å². The standard InChI is InChI=1S/C9H3F6NO/c1-16-6-3-4(8(10,11)12)2-5(7(6)17)9(13,14)15/h2-3,17H. The summed E-state index contributed by atoms with van der Waals surface area (Å²) in [5, 5.41) is 9.01. The number of hydrogen-bond acceptors (Lipinski definition) is 1. The first kappa shape index (κ1) is 13.2. The highest BCUT2D eigenvalue weighted by Crippen LogP contribution is 2.44. The molecular weight excluding hydrogens is 252 g/mol. The van der Waals surface area contributed by atoms with Crippen LogP contribution in [-0.2, 0) is 12.4 Å². The van der Waals surface area contributed by atoms with Gasteiger partial charge in [-0.25, -0.2) is 4.85 Å². The lowest BCUT2D eigenvalue weighted by molar-refractivity contribution is -0.143. The van der Waals surface area contributed by atoms with E-state index < -0.39 is 34.9 Å². The number of rotatable bonds is 0. The first-order chi connectivity index (χ1) is 7.57. The van der Waals surface area contributed by atoms with Crippen LogP contribution in [0.2, 0.25) is 0 Å². The van der Waals surface area contributed by atoms with Gasteiger partial charge in [-0.1, -0.05) is 0 Å². The quantitative estimate of drug-likeness (QED) is 0.550. The number of alkyl halides is 6. The molecule has 8 heteroatoms. The summed E-state index contributed by atoms with van der Waals surface area (Å²) in [6.07, 6.45) is -10.2. The Bertz CT molecular complexity index is 482. The number of aromatic hydroxyl groups is 1. The van der Waals surface area contributed by atoms with Gasteiger partial charge in [0, 0.05) is 5.56 Å². The zero-order valence-corrected chi connectivity index (χ0v) is 7.82. The maximum absolute atomic E-state index is 12.3. The van der Waals surface area contributed by atoms with Crippen molar-refractivity contribution in [1.29, 1.82) is 0 Å². The van der Waals surface area contributed by atoms with E-state index in [4.69, 9.17) is 11.7 Å². The van der Waals surface area contributed by atoms with Gasteiger partial charge in [-0.15, -0.1) is 0 Å². The number of phenols is 1. The van der Waals surface area contributed by atoms with E-state index in [0.717, 1.165) is 0 Å². The first-order valence-corrected chi connectivity index (χ1v) is 3.96. The van der Waals surface area contributed by atoms with Gasteiger partial charge < -0.3 is 5.11 Å². The average Bonchev–Trinajstić information content (AvgIpc) is 2.14. The van der Waals surface area contributed by atoms with Crippen molar-refractivity contribution in [2.24, 2.45) is 0 Å². The molecule has 0 atom stereocenters. The largest absolute Gasteiger partial charge is 0.518 e. The minimum atomic E-state index is -5.16. The number of benzene rings is 1. The summed E-state index contributed by atoms with van der Waals surface area (Å²) < 4.78 is 73.7. The van der Waals surface area contributed by atoms with E-state index in [1.165, 1.54) is 0 Å². The fraction of sp³-hybridized carbons (Fsp3) is 0.222. The summed E-state index contributed by atoms with van der Waals surface area (Å²) in [6.45, 7) is 6.42. The molecule has 0 spiro atoms. The van der Waals surface area contributed by atoms with E-state index in [9.17, 15) is 26.3 Å². The number of nitrogens with zero attached hydrogens (tertiary/aromatic N) is 1. The van der Waals surface area contributed by atoms with Crippen LogP contribution < -0.4 is 0 Å². The van der Waals surface area contributed by atoms with E-state index in [1.807, 2.05) is 0 Å². The average molecular weight is 255 g/mol. The van der Waals surface area contributed by atoms with Gasteiger partial charge in [-0.3, -0.25) is 0 Å². The van der Waals surface area contributed by atoms with E-state index in [1.54, 1.807) is 0 Å². The van der Waals surface area contributed by atoms with E-state index in [2.05, 4.69) is 4.85 Å². The summed E-state index contributed by atoms with van der Waals surface area (Å²) >= 11 is 0. The third kappa shape index (κ3) is 2.61. The Labute approximate surface area is 90.9 Å². The second-order valence-electron chi connectivity index (χ2n) is 3.00. The lowest BCUT2D eigenvalue weighted by Gasteiger charge is -2.14. The Morgan fingerprint density at radius 2 is 1.53 bits per heavy atom. The van der Waals surface area contributed by atoms with E-state index in [0.29, 0.717) is 0 Å². The summed E-state index contributed by atoms with van der Waals surface area (Å²) in [5.41, 5.74) is -4.60. The van der Waals surface area contributed by atoms with Crippen LogP contribution in [0.1, 0.15) is 11.1 Å². The second-order valence-corrected chi connectivity index (χ2v) is 3.00. The highest BCUT2D eigenvalue weighted by molar-refractivity contribution is 5.63. The Morgan fingerprint density at radius 1 is 1.00 bits per heavy atom. The molecule has 0 unspecified atom stereocenters. The molecule has 0 aliphatic heterocycles. The van der Waals surface area contributed by atoms with Gasteiger partial charge in [0.15, 0.2) is 0 Å². The molecule has 0 fully saturated rings. The molecule has 2 nitrogen and oxygen atoms in total. The Hall–Kier alpha value is -1.91. The monoisotopic (exact) mass is 255 g/mol. The van der Waals surface area contributed by atoms with E-state index >= 15 is 0 Å². The normalized spacial score (nSPS) is 12.3. The molecule has 1 rings (SSSR count). The van der Waals surface area contributed by atoms with Crippen LogP contribution in [-0.4, -0.2) is 5.11 Å². The van der Waals surface area contributed by atoms with Crippen molar-refractivity contribution >= 4 is 5.69 Å². The topological polar surface area (TPSA) is 24.6 Å². The van der Waals surface area contributed by atoms with Crippen molar-refractivity contribution in [3.63, 3.8) is 0 Å². The van der Waals surface area contributed by atoms with Crippen molar-refractivity contribution in [2.45, 2.75) is 12.4 Å². The van der Waals surface area contributed by atoms with Crippen LogP contribution in [0.4, 0.5) is 32.0 Å². The summed E-state index contributed by atoms with van der Waals surface area (Å²) in [6, 6.07) is -0.0679. The van der Waals surface area contributed by atoms with Gasteiger partial charge in [0.1, 0.15) is 5.75 Å². The molecule has 0 aliphatic rings. The minimum absolute atomic E-state index is 0.164. The van der Waals surface area contributed by atoms with Crippen molar-refractivity contribution in [1.82, 2.24) is 0 Å². The van der Waals surface area contributed by atoms with Crippen molar-refractivity contribution in [3.8, 4) is 5.75 Å². The predicted molar refractivity (Wildman–Crippen MR) is 44.4 cm³/mol. The maximum Gasteiger partial charge on any atom is 0.418 e. The van der Waals surface area contributed by atoms with Gasteiger partial charge in [0.25, 0.3) is 0 Å². The summed E-state index contributed by atoms with van der Waals surface area (Å²) in [5.74, 6) is -1.50. The van der Waals surface area contributed by atoms with Gasteiger partial charge >= 0.3 is 12.4 Å². The highest BCUT2D eigenvalue weighted by atomic mass is 19.4. The number of halogens is 6. The number of hydrogen-bond donors (Lipinski definition) is 1. The predicted octanol–water partition coefficient (Wildman–Crippen LogP) is 3.98. The Kier molecular flexibility index (Phi) is 2.97. The summed E-state index contributed by atoms with van der Waals surface area (Å²) in [7, 11) is 0. The van der Waals surface area contributed by atoms with Crippen LogP contribution in [0.3, 0.4) is 0 Å². The molecule has 17 heavy (non-hydrogen) atoms. The lowest BCUT2D eigenvalue weighted by atomic mass is 10.1. The first-order valence-electron chi connectivity index (χ1n) is 3.96. The molecular formula is C9H3F6NO. The third-order valence-corrected chi connectivity index (χ3v) is 1.84. The molecule has 0 radical (unpaired) electrons. The molecule has 0 saturated carbocycles. The second kappa shape index (κ2) is 3.84. The molecule has 0 aliphatic carbocycles. The lowest BCUT2D eigenvalue weighted by Crippen LogP contribution is -2.10. The maximum atomic E-state index is 12.3. The zero-order chi connectivity index (χ0) is 13.4. The molecule has 0 saturated heterocycles. The molecule has 0 bridgehead atoms. The van der Waals surface area contributed by atoms with Crippen molar-refractivity contribution in [2.75, 3.05) is 0 Å². The molecule has 0 heterocycles. The molecule has 0 amide bonds. The van der Waals surface area contributed by atoms with Gasteiger partial charge in [-0.05, 0) is 12.1 Å². The minimum Gasteiger partial charge on any atom is -0.518 e. The number of phenolic OH excluding ortho intramolecular Hbond substituents is 1. The molecule has 1 aromatic carbocycles. The van der Waals surface area contributed by atoms with Crippen LogP contribution in [0.15, 0.2) is 12.1 Å². The zero-order valence-electron chi connectivity index (χ0n) is 7.82. The molecule has 0 aromatic heterocycles. The van der Waals surface area contributed by atoms with Crippen molar-refractivity contribution < 1.29 is 31.4 Å². The van der Waals surface area contributed by atoms with Crippen LogP contribution in [0.5, 0.6) is 5.75 Å². The van der Waals surface area contributed by atoms with E-state index in [-0.39, 0.29) is 12.1 Å². The third-order valence-electron chi connectivity index (χ3n) is 1.84. The fourth-order valence-corrected chi connectivity index (χ4v) is 1.08. The van der Waals surface area contributed by atoms with Crippen LogP contribution in [0.25, 0.3) is 4.85 Å². The molecule has 1 N–H and O–H groups in total. The smallest absolute Gasteiger partial charge is 0.418 e. The van der Waals surface area contributed by atoms with Gasteiger partial charge in [-0.2, -0.15) is 26.3 Å². The van der Waals surface area contributed by atoms with Crippen LogP contribution >= 0.6 is 0 Å². The highest BCUT2D eigenvalue weighted by Gasteiger charge is 2.39. The SMILES string of the molecule is [C-]#[N+]c1cc(C(F)(F)F)cc(C(F)(F)F)c1O. The molecule has 1 aromatic rings. The van der Waals surface area contributed by atoms with Crippen LogP contribution in [0, 0.1) is 6.57 Å². The van der Waals surface area contributed by atoms with Gasteiger partial charge in [0.05, 0.1) is 12.1 Å². The molecule has 92 valence electrons. The Morgan fingerprint density at radius 3 is 1.88 bits per heavy atom. The fourth-order valence-electron chi connectivity index (χ4n) is 1.08. The Balaban J connectivity index is 3.58. The summed E-state index contributed by atoms with van der Waals surface area (Å²) in [4.78, 5) is 2.42. The van der Waals surface area contributed by atoms with Gasteiger partial charge in [0.2, 0.25) is 5.69 Å².